The van der Waals surface area contributed by atoms with E-state index in [1.165, 1.54) is 0 Å². The molecule has 1 aromatic heterocycles. The average molecular weight is 421 g/mol. The van der Waals surface area contributed by atoms with Crippen LogP contribution in [-0.4, -0.2) is 74.1 Å². The summed E-state index contributed by atoms with van der Waals surface area (Å²) >= 11 is 5.59. The van der Waals surface area contributed by atoms with Gasteiger partial charge in [-0.25, -0.2) is 0 Å². The molecule has 3 rings (SSSR count). The molecule has 0 saturated carbocycles. The van der Waals surface area contributed by atoms with Crippen LogP contribution in [0.4, 0.5) is 0 Å². The van der Waals surface area contributed by atoms with Gasteiger partial charge in [0.05, 0.1) is 12.1 Å². The number of rotatable bonds is 9. The molecule has 1 aliphatic rings. The second-order valence-electron chi connectivity index (χ2n) is 7.22. The maximum absolute atomic E-state index is 12.7. The molecular weight excluding hydrogens is 392 g/mol. The average Bonchev–Trinajstić information content (AvgIpc) is 3.14. The van der Waals surface area contributed by atoms with Crippen molar-refractivity contribution in [2.75, 3.05) is 54.2 Å². The second kappa shape index (κ2) is 9.91. The molecule has 1 aliphatic heterocycles. The lowest BCUT2D eigenvalue weighted by Gasteiger charge is -2.27. The van der Waals surface area contributed by atoms with E-state index in [-0.39, 0.29) is 12.4 Å². The molecule has 2 heterocycles. The number of aromatic nitrogens is 1. The van der Waals surface area contributed by atoms with Crippen LogP contribution < -0.4 is 20.3 Å². The molecule has 0 amide bonds. The Morgan fingerprint density at radius 1 is 1.24 bits per heavy atom. The topological polar surface area (TPSA) is 79.1 Å². The van der Waals surface area contributed by atoms with Gasteiger partial charge in [-0.05, 0) is 44.9 Å². The normalized spacial score (nSPS) is 12.6. The predicted molar refractivity (Wildman–Crippen MR) is 117 cm³/mol. The number of nitrogens with zero attached hydrogens (tertiary/aromatic N) is 2. The lowest BCUT2D eigenvalue weighted by molar-refractivity contribution is 0.174. The van der Waals surface area contributed by atoms with Crippen molar-refractivity contribution in [2.45, 2.75) is 13.0 Å². The molecule has 0 saturated heterocycles. The Morgan fingerprint density at radius 2 is 2.00 bits per heavy atom. The fraction of sp³-hybridized carbons (Fsp3) is 0.500. The molecule has 0 atom stereocenters. The summed E-state index contributed by atoms with van der Waals surface area (Å²) in [7, 11) is 5.71. The van der Waals surface area contributed by atoms with E-state index >= 15 is 0 Å². The first kappa shape index (κ1) is 21.4. The molecule has 2 N–H and O–H groups in total. The number of hydrogen-bond acceptors (Lipinski definition) is 6. The first-order valence-corrected chi connectivity index (χ1v) is 10.0. The first-order valence-electron chi connectivity index (χ1n) is 9.60. The molecule has 0 bridgehead atoms. The molecule has 0 fully saturated rings. The highest BCUT2D eigenvalue weighted by Gasteiger charge is 2.17. The Hall–Kier alpha value is -2.36. The molecule has 2 aromatic rings. The van der Waals surface area contributed by atoms with E-state index in [0.29, 0.717) is 41.9 Å². The minimum atomic E-state index is -0.131. The lowest BCUT2D eigenvalue weighted by Crippen LogP contribution is -2.43. The summed E-state index contributed by atoms with van der Waals surface area (Å²) in [6.45, 7) is 3.55. The zero-order valence-corrected chi connectivity index (χ0v) is 17.9. The highest BCUT2D eigenvalue weighted by molar-refractivity contribution is 7.80. The number of benzene rings is 1. The first-order chi connectivity index (χ1) is 14.0. The summed E-state index contributed by atoms with van der Waals surface area (Å²) in [5.74, 6) is 1.34. The van der Waals surface area contributed by atoms with Gasteiger partial charge in [0, 0.05) is 50.4 Å². The molecule has 0 spiro atoms. The summed E-state index contributed by atoms with van der Waals surface area (Å²) in [6, 6.07) is 5.59. The summed E-state index contributed by atoms with van der Waals surface area (Å²) in [4.78, 5) is 19.7. The number of pyridine rings is 1. The zero-order valence-electron chi connectivity index (χ0n) is 17.1. The van der Waals surface area contributed by atoms with Crippen LogP contribution in [0.15, 0.2) is 23.0 Å². The largest absolute Gasteiger partial charge is 0.454 e. The van der Waals surface area contributed by atoms with Gasteiger partial charge in [-0.1, -0.05) is 0 Å². The standard InChI is InChI=1S/C20H28N4O4S/c1-23(2)6-7-24(20(29)21-5-4-8-26-3)12-15-9-14-10-17-18(28-13-27-17)11-16(14)22-19(15)25/h9-11H,4-8,12-13H2,1-3H3,(H,21,29)(H,22,25). The number of fused-ring (bicyclic) bond motifs is 2. The van der Waals surface area contributed by atoms with Crippen molar-refractivity contribution in [3.8, 4) is 11.5 Å². The molecule has 29 heavy (non-hydrogen) atoms. The summed E-state index contributed by atoms with van der Waals surface area (Å²) in [5, 5.41) is 4.79. The van der Waals surface area contributed by atoms with Crippen molar-refractivity contribution in [3.05, 3.63) is 34.1 Å². The Kier molecular flexibility index (Phi) is 7.29. The van der Waals surface area contributed by atoms with Crippen LogP contribution in [-0.2, 0) is 11.3 Å². The van der Waals surface area contributed by atoms with Crippen molar-refractivity contribution in [3.63, 3.8) is 0 Å². The van der Waals surface area contributed by atoms with Gasteiger partial charge in [-0.15, -0.1) is 0 Å². The number of aromatic amines is 1. The SMILES string of the molecule is COCCCNC(=S)N(CCN(C)C)Cc1cc2cc3c(cc2[nH]c1=O)OCO3. The second-order valence-corrected chi connectivity index (χ2v) is 7.61. The highest BCUT2D eigenvalue weighted by Crippen LogP contribution is 2.35. The molecule has 1 aromatic carbocycles. The van der Waals surface area contributed by atoms with E-state index in [1.807, 2.05) is 31.1 Å². The number of methoxy groups -OCH3 is 1. The third-order valence-electron chi connectivity index (χ3n) is 4.68. The van der Waals surface area contributed by atoms with Gasteiger partial charge in [0.15, 0.2) is 16.6 Å². The van der Waals surface area contributed by atoms with Gasteiger partial charge in [0.25, 0.3) is 5.56 Å². The van der Waals surface area contributed by atoms with Crippen LogP contribution >= 0.6 is 12.2 Å². The van der Waals surface area contributed by atoms with E-state index < -0.39 is 0 Å². The van der Waals surface area contributed by atoms with Crippen LogP contribution in [0.1, 0.15) is 12.0 Å². The van der Waals surface area contributed by atoms with Gasteiger partial charge < -0.3 is 34.3 Å². The molecule has 0 unspecified atom stereocenters. The monoisotopic (exact) mass is 420 g/mol. The third kappa shape index (κ3) is 5.59. The molecule has 158 valence electrons. The molecular formula is C20H28N4O4S. The Balaban J connectivity index is 1.78. The van der Waals surface area contributed by atoms with E-state index in [2.05, 4.69) is 15.2 Å². The summed E-state index contributed by atoms with van der Waals surface area (Å²) < 4.78 is 15.9. The van der Waals surface area contributed by atoms with Gasteiger partial charge in [-0.3, -0.25) is 4.79 Å². The van der Waals surface area contributed by atoms with Gasteiger partial charge in [0.2, 0.25) is 6.79 Å². The van der Waals surface area contributed by atoms with Crippen LogP contribution in [0.5, 0.6) is 11.5 Å². The molecule has 8 nitrogen and oxygen atoms in total. The van der Waals surface area contributed by atoms with Crippen molar-refractivity contribution < 1.29 is 14.2 Å². The van der Waals surface area contributed by atoms with Crippen LogP contribution in [0.25, 0.3) is 10.9 Å². The molecule has 0 radical (unpaired) electrons. The number of thiocarbonyl (C=S) groups is 1. The van der Waals surface area contributed by atoms with Crippen LogP contribution in [0.2, 0.25) is 0 Å². The quantitative estimate of drug-likeness (QED) is 0.467. The summed E-state index contributed by atoms with van der Waals surface area (Å²) in [5.41, 5.74) is 1.24. The van der Waals surface area contributed by atoms with E-state index in [4.69, 9.17) is 26.4 Å². The number of nitrogens with one attached hydrogen (secondary N) is 2. The summed E-state index contributed by atoms with van der Waals surface area (Å²) in [6.07, 6.45) is 0.863. The van der Waals surface area contributed by atoms with Gasteiger partial charge in [-0.2, -0.15) is 0 Å². The maximum Gasteiger partial charge on any atom is 0.253 e. The minimum Gasteiger partial charge on any atom is -0.454 e. The van der Waals surface area contributed by atoms with Crippen molar-refractivity contribution in [1.29, 1.82) is 0 Å². The van der Waals surface area contributed by atoms with Gasteiger partial charge >= 0.3 is 0 Å². The molecule has 0 aliphatic carbocycles. The molecule has 9 heteroatoms. The number of ether oxygens (including phenoxy) is 3. The third-order valence-corrected chi connectivity index (χ3v) is 5.08. The Morgan fingerprint density at radius 3 is 2.72 bits per heavy atom. The fourth-order valence-electron chi connectivity index (χ4n) is 3.06. The van der Waals surface area contributed by atoms with Gasteiger partial charge in [0.1, 0.15) is 0 Å². The maximum atomic E-state index is 12.7. The predicted octanol–water partition coefficient (Wildman–Crippen LogP) is 1.53. The van der Waals surface area contributed by atoms with Crippen molar-refractivity contribution in [1.82, 2.24) is 20.1 Å². The van der Waals surface area contributed by atoms with E-state index in [1.54, 1.807) is 13.2 Å². The highest BCUT2D eigenvalue weighted by atomic mass is 32.1. The minimum absolute atomic E-state index is 0.131. The van der Waals surface area contributed by atoms with E-state index in [9.17, 15) is 4.79 Å². The smallest absolute Gasteiger partial charge is 0.253 e. The lowest BCUT2D eigenvalue weighted by atomic mass is 10.1. The van der Waals surface area contributed by atoms with Crippen molar-refractivity contribution >= 4 is 28.2 Å². The number of likely N-dealkylation sites (N-methyl/N-ethyl adjacent to an activating group) is 1. The number of H-pyrrole nitrogens is 1. The van der Waals surface area contributed by atoms with Crippen LogP contribution in [0, 0.1) is 0 Å². The zero-order chi connectivity index (χ0) is 20.8. The fourth-order valence-corrected chi connectivity index (χ4v) is 3.32. The number of hydrogen-bond donors (Lipinski definition) is 2. The van der Waals surface area contributed by atoms with Crippen LogP contribution in [0.3, 0.4) is 0 Å². The Labute approximate surface area is 175 Å². The Bertz CT molecular complexity index is 915. The van der Waals surface area contributed by atoms with Crippen molar-refractivity contribution in [2.24, 2.45) is 0 Å². The van der Waals surface area contributed by atoms with E-state index in [0.717, 1.165) is 30.4 Å².